The van der Waals surface area contributed by atoms with Crippen molar-refractivity contribution in [1.29, 1.82) is 0 Å². The number of amides is 2. The molecule has 2 aromatic rings. The zero-order chi connectivity index (χ0) is 19.9. The molecule has 0 bridgehead atoms. The SMILES string of the molecule is CNC(=O)Cc1csc(NC(=O)c2ccc(OCCOC(C)(C)C)nc2)n1. The lowest BCUT2D eigenvalue weighted by molar-refractivity contribution is -0.120. The molecular weight excluding hydrogens is 368 g/mol. The Balaban J connectivity index is 1.84. The lowest BCUT2D eigenvalue weighted by Crippen LogP contribution is -2.22. The first-order valence-corrected chi connectivity index (χ1v) is 9.34. The van der Waals surface area contributed by atoms with Crippen molar-refractivity contribution in [3.63, 3.8) is 0 Å². The van der Waals surface area contributed by atoms with E-state index in [1.54, 1.807) is 24.6 Å². The van der Waals surface area contributed by atoms with Gasteiger partial charge in [-0.25, -0.2) is 9.97 Å². The van der Waals surface area contributed by atoms with Crippen LogP contribution >= 0.6 is 11.3 Å². The van der Waals surface area contributed by atoms with Crippen molar-refractivity contribution >= 4 is 28.3 Å². The second-order valence-corrected chi connectivity index (χ2v) is 7.50. The number of carbonyl (C=O) groups excluding carboxylic acids is 2. The van der Waals surface area contributed by atoms with Gasteiger partial charge >= 0.3 is 0 Å². The third kappa shape index (κ3) is 7.32. The molecule has 0 aliphatic rings. The molecule has 0 radical (unpaired) electrons. The smallest absolute Gasteiger partial charge is 0.259 e. The molecule has 0 aliphatic carbocycles. The van der Waals surface area contributed by atoms with Gasteiger partial charge in [0.2, 0.25) is 11.8 Å². The summed E-state index contributed by atoms with van der Waals surface area (Å²) in [6.07, 6.45) is 1.61. The van der Waals surface area contributed by atoms with Gasteiger partial charge in [-0.15, -0.1) is 11.3 Å². The topological polar surface area (TPSA) is 102 Å². The van der Waals surface area contributed by atoms with Gasteiger partial charge in [0.25, 0.3) is 5.91 Å². The fourth-order valence-electron chi connectivity index (χ4n) is 1.96. The summed E-state index contributed by atoms with van der Waals surface area (Å²) in [5, 5.41) is 7.39. The molecule has 0 spiro atoms. The first-order valence-electron chi connectivity index (χ1n) is 8.46. The second-order valence-electron chi connectivity index (χ2n) is 6.64. The highest BCUT2D eigenvalue weighted by Gasteiger charge is 2.12. The molecule has 0 aliphatic heterocycles. The summed E-state index contributed by atoms with van der Waals surface area (Å²) in [7, 11) is 1.56. The van der Waals surface area contributed by atoms with Gasteiger partial charge in [-0.2, -0.15) is 0 Å². The Morgan fingerprint density at radius 2 is 2.00 bits per heavy atom. The van der Waals surface area contributed by atoms with Gasteiger partial charge in [0.15, 0.2) is 5.13 Å². The molecule has 2 N–H and O–H groups in total. The van der Waals surface area contributed by atoms with Crippen molar-refractivity contribution in [2.24, 2.45) is 0 Å². The molecule has 2 rings (SSSR count). The highest BCUT2D eigenvalue weighted by atomic mass is 32.1. The number of pyridine rings is 1. The van der Waals surface area contributed by atoms with Crippen molar-refractivity contribution in [3.05, 3.63) is 35.0 Å². The van der Waals surface area contributed by atoms with Gasteiger partial charge in [-0.1, -0.05) is 0 Å². The minimum atomic E-state index is -0.328. The van der Waals surface area contributed by atoms with E-state index < -0.39 is 0 Å². The van der Waals surface area contributed by atoms with Crippen LogP contribution in [0.5, 0.6) is 5.88 Å². The summed E-state index contributed by atoms with van der Waals surface area (Å²) in [6.45, 7) is 6.76. The van der Waals surface area contributed by atoms with E-state index in [-0.39, 0.29) is 23.8 Å². The molecule has 8 nitrogen and oxygen atoms in total. The molecule has 2 amide bonds. The van der Waals surface area contributed by atoms with Crippen LogP contribution in [-0.4, -0.2) is 47.6 Å². The fourth-order valence-corrected chi connectivity index (χ4v) is 2.67. The first kappa shape index (κ1) is 20.8. The van der Waals surface area contributed by atoms with Gasteiger partial charge in [0.1, 0.15) is 6.61 Å². The third-order valence-electron chi connectivity index (χ3n) is 3.26. The van der Waals surface area contributed by atoms with Crippen LogP contribution < -0.4 is 15.4 Å². The molecule has 2 aromatic heterocycles. The summed E-state index contributed by atoms with van der Waals surface area (Å²) < 4.78 is 11.1. The number of carbonyl (C=O) groups is 2. The van der Waals surface area contributed by atoms with Crippen molar-refractivity contribution in [3.8, 4) is 5.88 Å². The van der Waals surface area contributed by atoms with E-state index in [4.69, 9.17) is 9.47 Å². The van der Waals surface area contributed by atoms with E-state index in [0.717, 1.165) is 0 Å². The number of anilines is 1. The normalized spacial score (nSPS) is 11.1. The first-order chi connectivity index (χ1) is 12.8. The van der Waals surface area contributed by atoms with E-state index in [2.05, 4.69) is 20.6 Å². The summed E-state index contributed by atoms with van der Waals surface area (Å²) in [5.74, 6) is -0.0389. The van der Waals surface area contributed by atoms with Crippen molar-refractivity contribution in [2.45, 2.75) is 32.8 Å². The molecule has 0 atom stereocenters. The molecule has 0 fully saturated rings. The third-order valence-corrected chi connectivity index (χ3v) is 4.07. The van der Waals surface area contributed by atoms with Crippen LogP contribution in [0.1, 0.15) is 36.8 Å². The van der Waals surface area contributed by atoms with E-state index >= 15 is 0 Å². The highest BCUT2D eigenvalue weighted by molar-refractivity contribution is 7.14. The predicted octanol–water partition coefficient (Wildman–Crippen LogP) is 2.27. The largest absolute Gasteiger partial charge is 0.475 e. The molecule has 27 heavy (non-hydrogen) atoms. The molecule has 9 heteroatoms. The Kier molecular flexibility index (Phi) is 7.26. The van der Waals surface area contributed by atoms with Gasteiger partial charge in [0, 0.05) is 24.7 Å². The summed E-state index contributed by atoms with van der Waals surface area (Å²) in [4.78, 5) is 31.9. The van der Waals surface area contributed by atoms with Crippen LogP contribution in [0, 0.1) is 0 Å². The number of nitrogens with one attached hydrogen (secondary N) is 2. The number of thiazole rings is 1. The van der Waals surface area contributed by atoms with Gasteiger partial charge < -0.3 is 14.8 Å². The Labute approximate surface area is 162 Å². The standard InChI is InChI=1S/C18H24N4O4S/c1-18(2,3)26-8-7-25-15-6-5-12(10-20-15)16(24)22-17-21-13(11-27-17)9-14(23)19-4/h5-6,10-11H,7-9H2,1-4H3,(H,19,23)(H,21,22,24). The molecule has 146 valence electrons. The predicted molar refractivity (Wildman–Crippen MR) is 103 cm³/mol. The number of hydrogen-bond acceptors (Lipinski definition) is 7. The van der Waals surface area contributed by atoms with E-state index in [1.165, 1.54) is 17.5 Å². The van der Waals surface area contributed by atoms with Crippen LogP contribution in [0.3, 0.4) is 0 Å². The molecular formula is C18H24N4O4S. The van der Waals surface area contributed by atoms with E-state index in [0.29, 0.717) is 35.5 Å². The number of likely N-dealkylation sites (N-methyl/N-ethyl adjacent to an activating group) is 1. The number of ether oxygens (including phenoxy) is 2. The summed E-state index contributed by atoms with van der Waals surface area (Å²) in [6, 6.07) is 3.26. The van der Waals surface area contributed by atoms with Crippen molar-refractivity contribution < 1.29 is 19.1 Å². The van der Waals surface area contributed by atoms with Gasteiger partial charge in [0.05, 0.1) is 29.9 Å². The Hall–Kier alpha value is -2.52. The van der Waals surface area contributed by atoms with Crippen molar-refractivity contribution in [2.75, 3.05) is 25.6 Å². The molecule has 2 heterocycles. The fraction of sp³-hybridized carbons (Fsp3) is 0.444. The Bertz CT molecular complexity index is 768. The second kappa shape index (κ2) is 9.43. The molecule has 0 saturated heterocycles. The van der Waals surface area contributed by atoms with E-state index in [1.807, 2.05) is 20.8 Å². The van der Waals surface area contributed by atoms with Gasteiger partial charge in [-0.05, 0) is 26.8 Å². The highest BCUT2D eigenvalue weighted by Crippen LogP contribution is 2.17. The monoisotopic (exact) mass is 392 g/mol. The van der Waals surface area contributed by atoms with Crippen LogP contribution in [0.15, 0.2) is 23.7 Å². The molecule has 0 saturated carbocycles. The zero-order valence-corrected chi connectivity index (χ0v) is 16.7. The van der Waals surface area contributed by atoms with Crippen LogP contribution in [-0.2, 0) is 16.0 Å². The number of aromatic nitrogens is 2. The minimum absolute atomic E-state index is 0.133. The van der Waals surface area contributed by atoms with E-state index in [9.17, 15) is 9.59 Å². The Morgan fingerprint density at radius 1 is 1.22 bits per heavy atom. The van der Waals surface area contributed by atoms with Crippen LogP contribution in [0.2, 0.25) is 0 Å². The lowest BCUT2D eigenvalue weighted by atomic mass is 10.2. The lowest BCUT2D eigenvalue weighted by Gasteiger charge is -2.19. The average molecular weight is 392 g/mol. The molecule has 0 unspecified atom stereocenters. The Morgan fingerprint density at radius 3 is 2.63 bits per heavy atom. The average Bonchev–Trinajstić information content (AvgIpc) is 3.05. The maximum absolute atomic E-state index is 12.3. The maximum Gasteiger partial charge on any atom is 0.259 e. The summed E-state index contributed by atoms with van der Waals surface area (Å²) in [5.41, 5.74) is 0.778. The van der Waals surface area contributed by atoms with Gasteiger partial charge in [-0.3, -0.25) is 14.9 Å². The van der Waals surface area contributed by atoms with Crippen LogP contribution in [0.4, 0.5) is 5.13 Å². The maximum atomic E-state index is 12.3. The number of rotatable bonds is 8. The van der Waals surface area contributed by atoms with Crippen LogP contribution in [0.25, 0.3) is 0 Å². The molecule has 0 aromatic carbocycles. The van der Waals surface area contributed by atoms with Crippen molar-refractivity contribution in [1.82, 2.24) is 15.3 Å². The quantitative estimate of drug-likeness (QED) is 0.668. The summed E-state index contributed by atoms with van der Waals surface area (Å²) >= 11 is 1.26. The number of nitrogens with zero attached hydrogens (tertiary/aromatic N) is 2. The zero-order valence-electron chi connectivity index (χ0n) is 15.9. The minimum Gasteiger partial charge on any atom is -0.475 e. The number of hydrogen-bond donors (Lipinski definition) is 2.